The highest BCUT2D eigenvalue weighted by Crippen LogP contribution is 2.29. The van der Waals surface area contributed by atoms with Crippen LogP contribution in [0.3, 0.4) is 0 Å². The van der Waals surface area contributed by atoms with Crippen molar-refractivity contribution in [2.75, 3.05) is 17.2 Å². The number of hydrogen-bond donors (Lipinski definition) is 4. The average molecular weight is 354 g/mol. The number of aromatic nitrogens is 2. The van der Waals surface area contributed by atoms with Gasteiger partial charge < -0.3 is 22.1 Å². The summed E-state index contributed by atoms with van der Waals surface area (Å²) in [6.45, 7) is 2.24. The van der Waals surface area contributed by atoms with Crippen molar-refractivity contribution in [1.82, 2.24) is 9.97 Å². The Balaban J connectivity index is 2.33. The Morgan fingerprint density at radius 1 is 1.36 bits per heavy atom. The molecule has 1 unspecified atom stereocenters. The number of primary amides is 1. The van der Waals surface area contributed by atoms with Gasteiger partial charge in [-0.2, -0.15) is 13.2 Å². The first kappa shape index (κ1) is 18.5. The van der Waals surface area contributed by atoms with Gasteiger partial charge in [0.05, 0.1) is 17.6 Å². The third-order valence-electron chi connectivity index (χ3n) is 3.05. The van der Waals surface area contributed by atoms with Crippen LogP contribution in [0.1, 0.15) is 23.1 Å². The summed E-state index contributed by atoms with van der Waals surface area (Å²) in [4.78, 5) is 18.9. The smallest absolute Gasteiger partial charge is 0.382 e. The fourth-order valence-electron chi connectivity index (χ4n) is 1.93. The summed E-state index contributed by atoms with van der Waals surface area (Å²) in [6, 6.07) is 4.75. The van der Waals surface area contributed by atoms with E-state index in [2.05, 4.69) is 20.6 Å². The number of anilines is 3. The molecule has 6 N–H and O–H groups in total. The highest BCUT2D eigenvalue weighted by Gasteiger charge is 2.32. The third-order valence-corrected chi connectivity index (χ3v) is 3.05. The van der Waals surface area contributed by atoms with Gasteiger partial charge in [0, 0.05) is 12.6 Å². The molecule has 2 rings (SSSR count). The highest BCUT2D eigenvalue weighted by molar-refractivity contribution is 5.97. The number of nitrogens with one attached hydrogen (secondary N) is 2. The summed E-state index contributed by atoms with van der Waals surface area (Å²) in [5, 5.41) is 5.64. The maximum atomic E-state index is 12.8. The molecule has 0 radical (unpaired) electrons. The van der Waals surface area contributed by atoms with E-state index in [1.807, 2.05) is 0 Å². The van der Waals surface area contributed by atoms with Crippen LogP contribution in [-0.4, -0.2) is 28.5 Å². The molecule has 0 saturated heterocycles. The van der Waals surface area contributed by atoms with Gasteiger partial charge in [-0.1, -0.05) is 6.07 Å². The molecule has 2 heterocycles. The normalized spacial score (nSPS) is 12.5. The van der Waals surface area contributed by atoms with Gasteiger partial charge in [-0.05, 0) is 25.1 Å². The maximum Gasteiger partial charge on any atom is 0.433 e. The van der Waals surface area contributed by atoms with E-state index in [1.54, 1.807) is 6.92 Å². The molecule has 10 heteroatoms. The number of amides is 1. The van der Waals surface area contributed by atoms with E-state index in [-0.39, 0.29) is 23.2 Å². The number of nitrogens with zero attached hydrogens (tertiary/aromatic N) is 2. The second-order valence-electron chi connectivity index (χ2n) is 5.37. The van der Waals surface area contributed by atoms with Crippen LogP contribution in [0, 0.1) is 0 Å². The summed E-state index contributed by atoms with van der Waals surface area (Å²) in [6.07, 6.45) is -3.20. The SMILES string of the molecule is CC(N)CNc1cnc(C(N)=O)c(Nc2cccc(C(F)(F)F)n2)c1. The van der Waals surface area contributed by atoms with Gasteiger partial charge in [-0.15, -0.1) is 0 Å². The van der Waals surface area contributed by atoms with E-state index in [0.717, 1.165) is 6.07 Å². The zero-order valence-electron chi connectivity index (χ0n) is 13.3. The summed E-state index contributed by atoms with van der Waals surface area (Å²) >= 11 is 0. The summed E-state index contributed by atoms with van der Waals surface area (Å²) in [5.41, 5.74) is 10.4. The van der Waals surface area contributed by atoms with Crippen LogP contribution >= 0.6 is 0 Å². The van der Waals surface area contributed by atoms with Crippen molar-refractivity contribution in [2.45, 2.75) is 19.1 Å². The van der Waals surface area contributed by atoms with Gasteiger partial charge in [-0.25, -0.2) is 9.97 Å². The molecule has 0 spiro atoms. The monoisotopic (exact) mass is 354 g/mol. The standard InChI is InChI=1S/C15H17F3N6O/c1-8(19)6-21-9-5-10(13(14(20)25)22-7-9)23-12-4-2-3-11(24-12)15(16,17)18/h2-5,7-8,21H,6,19H2,1H3,(H2,20,25)(H,23,24). The zero-order chi connectivity index (χ0) is 18.6. The Labute approximate surface area is 141 Å². The fraction of sp³-hybridized carbons (Fsp3) is 0.267. The number of alkyl halides is 3. The van der Waals surface area contributed by atoms with Crippen molar-refractivity contribution < 1.29 is 18.0 Å². The van der Waals surface area contributed by atoms with E-state index in [9.17, 15) is 18.0 Å². The predicted molar refractivity (Wildman–Crippen MR) is 87.4 cm³/mol. The molecule has 0 fully saturated rings. The van der Waals surface area contributed by atoms with Crippen molar-refractivity contribution in [2.24, 2.45) is 11.5 Å². The maximum absolute atomic E-state index is 12.8. The van der Waals surface area contributed by atoms with E-state index in [4.69, 9.17) is 11.5 Å². The van der Waals surface area contributed by atoms with Crippen LogP contribution < -0.4 is 22.1 Å². The van der Waals surface area contributed by atoms with Gasteiger partial charge in [0.15, 0.2) is 5.69 Å². The van der Waals surface area contributed by atoms with E-state index in [0.29, 0.717) is 12.2 Å². The van der Waals surface area contributed by atoms with Crippen molar-refractivity contribution in [3.8, 4) is 0 Å². The summed E-state index contributed by atoms with van der Waals surface area (Å²) < 4.78 is 38.3. The fourth-order valence-corrected chi connectivity index (χ4v) is 1.93. The molecule has 0 aliphatic rings. The minimum Gasteiger partial charge on any atom is -0.382 e. The highest BCUT2D eigenvalue weighted by atomic mass is 19.4. The molecule has 7 nitrogen and oxygen atoms in total. The first-order valence-electron chi connectivity index (χ1n) is 7.27. The Bertz CT molecular complexity index is 763. The van der Waals surface area contributed by atoms with Crippen LogP contribution in [0.4, 0.5) is 30.4 Å². The lowest BCUT2D eigenvalue weighted by atomic mass is 10.2. The average Bonchev–Trinajstić information content (AvgIpc) is 2.52. The van der Waals surface area contributed by atoms with Gasteiger partial charge in [0.1, 0.15) is 11.5 Å². The molecule has 1 amide bonds. The largest absolute Gasteiger partial charge is 0.433 e. The van der Waals surface area contributed by atoms with Crippen molar-refractivity contribution in [1.29, 1.82) is 0 Å². The summed E-state index contributed by atoms with van der Waals surface area (Å²) in [7, 11) is 0. The third kappa shape index (κ3) is 5.05. The van der Waals surface area contributed by atoms with E-state index < -0.39 is 17.8 Å². The lowest BCUT2D eigenvalue weighted by molar-refractivity contribution is -0.141. The Morgan fingerprint density at radius 3 is 2.68 bits per heavy atom. The van der Waals surface area contributed by atoms with Crippen LogP contribution in [0.5, 0.6) is 0 Å². The van der Waals surface area contributed by atoms with Crippen LogP contribution in [0.15, 0.2) is 30.5 Å². The number of pyridine rings is 2. The molecular formula is C15H17F3N6O. The van der Waals surface area contributed by atoms with Crippen LogP contribution in [0.25, 0.3) is 0 Å². The zero-order valence-corrected chi connectivity index (χ0v) is 13.3. The topological polar surface area (TPSA) is 119 Å². The lowest BCUT2D eigenvalue weighted by Gasteiger charge is -2.14. The second-order valence-corrected chi connectivity index (χ2v) is 5.37. The van der Waals surface area contributed by atoms with Gasteiger partial charge >= 0.3 is 6.18 Å². The van der Waals surface area contributed by atoms with Gasteiger partial charge in [0.25, 0.3) is 5.91 Å². The molecule has 2 aromatic rings. The molecule has 0 aliphatic carbocycles. The van der Waals surface area contributed by atoms with Crippen molar-refractivity contribution >= 4 is 23.1 Å². The first-order valence-corrected chi connectivity index (χ1v) is 7.27. The van der Waals surface area contributed by atoms with E-state index >= 15 is 0 Å². The van der Waals surface area contributed by atoms with E-state index in [1.165, 1.54) is 24.4 Å². The van der Waals surface area contributed by atoms with Crippen LogP contribution in [-0.2, 0) is 6.18 Å². The van der Waals surface area contributed by atoms with Gasteiger partial charge in [0.2, 0.25) is 0 Å². The molecule has 2 aromatic heterocycles. The van der Waals surface area contributed by atoms with Crippen molar-refractivity contribution in [3.05, 3.63) is 41.9 Å². The Hall–Kier alpha value is -2.88. The minimum absolute atomic E-state index is 0.0940. The first-order chi connectivity index (χ1) is 11.7. The molecule has 0 aromatic carbocycles. The van der Waals surface area contributed by atoms with Crippen LogP contribution in [0.2, 0.25) is 0 Å². The molecule has 0 aliphatic heterocycles. The van der Waals surface area contributed by atoms with Crippen molar-refractivity contribution in [3.63, 3.8) is 0 Å². The number of carbonyl (C=O) groups excluding carboxylic acids is 1. The number of carbonyl (C=O) groups is 1. The number of rotatable bonds is 6. The molecule has 0 bridgehead atoms. The number of halogens is 3. The molecule has 134 valence electrons. The molecular weight excluding hydrogens is 337 g/mol. The molecule has 25 heavy (non-hydrogen) atoms. The lowest BCUT2D eigenvalue weighted by Crippen LogP contribution is -2.25. The molecule has 0 saturated carbocycles. The van der Waals surface area contributed by atoms with Gasteiger partial charge in [-0.3, -0.25) is 4.79 Å². The second kappa shape index (κ2) is 7.34. The predicted octanol–water partition coefficient (Wildman–Crippen LogP) is 2.10. The quantitative estimate of drug-likeness (QED) is 0.631. The summed E-state index contributed by atoms with van der Waals surface area (Å²) in [5.74, 6) is -0.920. The number of hydrogen-bond acceptors (Lipinski definition) is 6. The Kier molecular flexibility index (Phi) is 5.42. The minimum atomic E-state index is -4.58. The Morgan fingerprint density at radius 2 is 2.08 bits per heavy atom. The number of nitrogens with two attached hydrogens (primary N) is 2. The molecule has 1 atom stereocenters.